The maximum atomic E-state index is 12.9. The Bertz CT molecular complexity index is 1270. The molecule has 4 rings (SSSR count). The maximum absolute atomic E-state index is 12.9. The van der Waals surface area contributed by atoms with E-state index in [2.05, 4.69) is 10.3 Å². The van der Waals surface area contributed by atoms with Crippen molar-refractivity contribution in [1.82, 2.24) is 9.88 Å². The van der Waals surface area contributed by atoms with Crippen molar-refractivity contribution in [2.24, 2.45) is 0 Å². The van der Waals surface area contributed by atoms with E-state index in [-0.39, 0.29) is 35.6 Å². The number of likely N-dealkylation sites (tertiary alicyclic amines) is 1. The summed E-state index contributed by atoms with van der Waals surface area (Å²) in [5.74, 6) is 0.649. The Balaban J connectivity index is 1.25. The minimum Gasteiger partial charge on any atom is -0.497 e. The van der Waals surface area contributed by atoms with Crippen LogP contribution in [0.4, 0.5) is 5.69 Å². The van der Waals surface area contributed by atoms with Gasteiger partial charge in [0.1, 0.15) is 10.9 Å². The predicted octanol–water partition coefficient (Wildman–Crippen LogP) is 5.67. The van der Waals surface area contributed by atoms with Gasteiger partial charge in [0.15, 0.2) is 5.78 Å². The standard InChI is InChI=1S/C29H30ClN3O4/c1-19-17-25(28(30)31-18-19)29(36)33-15-13-21(14-16-33)20-3-7-23(8-4-20)32-27(35)12-11-26(34)22-5-9-24(37-2)10-6-22/h3-10,17-18,21H,11-16H2,1-2H3,(H,32,35). The van der Waals surface area contributed by atoms with Gasteiger partial charge in [0.05, 0.1) is 12.7 Å². The van der Waals surface area contributed by atoms with Gasteiger partial charge in [0.2, 0.25) is 5.91 Å². The van der Waals surface area contributed by atoms with E-state index in [0.29, 0.717) is 41.6 Å². The second-order valence-corrected chi connectivity index (χ2v) is 9.60. The molecule has 0 saturated carbocycles. The number of anilines is 1. The van der Waals surface area contributed by atoms with Gasteiger partial charge < -0.3 is 15.0 Å². The van der Waals surface area contributed by atoms with E-state index in [0.717, 1.165) is 18.4 Å². The normalized spacial score (nSPS) is 13.8. The SMILES string of the molecule is COc1ccc(C(=O)CCC(=O)Nc2ccc(C3CCN(C(=O)c4cc(C)cnc4Cl)CC3)cc2)cc1. The lowest BCUT2D eigenvalue weighted by molar-refractivity contribution is -0.116. The Labute approximate surface area is 221 Å². The molecule has 0 atom stereocenters. The average Bonchev–Trinajstić information content (AvgIpc) is 2.93. The number of carbonyl (C=O) groups is 3. The number of nitrogens with zero attached hydrogens (tertiary/aromatic N) is 2. The lowest BCUT2D eigenvalue weighted by atomic mass is 9.89. The van der Waals surface area contributed by atoms with Crippen LogP contribution in [0.3, 0.4) is 0 Å². The highest BCUT2D eigenvalue weighted by atomic mass is 35.5. The van der Waals surface area contributed by atoms with Crippen LogP contribution >= 0.6 is 11.6 Å². The molecule has 0 unspecified atom stereocenters. The second-order valence-electron chi connectivity index (χ2n) is 9.24. The lowest BCUT2D eigenvalue weighted by Crippen LogP contribution is -2.38. The monoisotopic (exact) mass is 519 g/mol. The third-order valence-corrected chi connectivity index (χ3v) is 6.95. The molecule has 1 aliphatic heterocycles. The number of carbonyl (C=O) groups excluding carboxylic acids is 3. The highest BCUT2D eigenvalue weighted by Crippen LogP contribution is 2.30. The van der Waals surface area contributed by atoms with E-state index in [1.807, 2.05) is 36.1 Å². The summed E-state index contributed by atoms with van der Waals surface area (Å²) in [5.41, 5.74) is 3.78. The van der Waals surface area contributed by atoms with Crippen LogP contribution in [0.1, 0.15) is 63.4 Å². The van der Waals surface area contributed by atoms with Crippen molar-refractivity contribution in [2.75, 3.05) is 25.5 Å². The highest BCUT2D eigenvalue weighted by molar-refractivity contribution is 6.32. The lowest BCUT2D eigenvalue weighted by Gasteiger charge is -2.32. The van der Waals surface area contributed by atoms with Crippen molar-refractivity contribution in [3.8, 4) is 5.75 Å². The molecule has 0 spiro atoms. The Kier molecular flexibility index (Phi) is 8.56. The number of hydrogen-bond acceptors (Lipinski definition) is 5. The maximum Gasteiger partial charge on any atom is 0.256 e. The van der Waals surface area contributed by atoms with Crippen LogP contribution in [-0.2, 0) is 4.79 Å². The van der Waals surface area contributed by atoms with Gasteiger partial charge in [-0.05, 0) is 79.3 Å². The van der Waals surface area contributed by atoms with E-state index < -0.39 is 0 Å². The fourth-order valence-corrected chi connectivity index (χ4v) is 4.68. The number of nitrogens with one attached hydrogen (secondary N) is 1. The van der Waals surface area contributed by atoms with Crippen molar-refractivity contribution in [3.05, 3.63) is 88.2 Å². The van der Waals surface area contributed by atoms with Gasteiger partial charge in [-0.2, -0.15) is 0 Å². The summed E-state index contributed by atoms with van der Waals surface area (Å²) >= 11 is 6.15. The van der Waals surface area contributed by atoms with Crippen LogP contribution in [0.15, 0.2) is 60.8 Å². The fourth-order valence-electron chi connectivity index (χ4n) is 4.50. The molecule has 1 fully saturated rings. The molecule has 1 aromatic heterocycles. The minimum absolute atomic E-state index is 0.0804. The number of Topliss-reactive ketones (excluding diaryl/α,β-unsaturated/α-hetero) is 1. The molecule has 37 heavy (non-hydrogen) atoms. The molecule has 192 valence electrons. The molecule has 0 bridgehead atoms. The molecule has 2 heterocycles. The Morgan fingerprint density at radius 3 is 2.35 bits per heavy atom. The van der Waals surface area contributed by atoms with Crippen molar-refractivity contribution < 1.29 is 19.1 Å². The number of ether oxygens (including phenoxy) is 1. The van der Waals surface area contributed by atoms with E-state index >= 15 is 0 Å². The topological polar surface area (TPSA) is 88.6 Å². The Morgan fingerprint density at radius 2 is 1.70 bits per heavy atom. The van der Waals surface area contributed by atoms with E-state index in [1.165, 1.54) is 5.56 Å². The number of ketones is 1. The average molecular weight is 520 g/mol. The summed E-state index contributed by atoms with van der Waals surface area (Å²) in [4.78, 5) is 43.5. The van der Waals surface area contributed by atoms with Gasteiger partial charge in [0, 0.05) is 43.4 Å². The number of aromatic nitrogens is 1. The zero-order valence-electron chi connectivity index (χ0n) is 21.0. The number of aryl methyl sites for hydroxylation is 1. The molecule has 7 nitrogen and oxygen atoms in total. The van der Waals surface area contributed by atoms with Gasteiger partial charge in [-0.3, -0.25) is 14.4 Å². The number of benzene rings is 2. The van der Waals surface area contributed by atoms with Crippen molar-refractivity contribution in [3.63, 3.8) is 0 Å². The first-order chi connectivity index (χ1) is 17.8. The predicted molar refractivity (Wildman–Crippen MR) is 143 cm³/mol. The summed E-state index contributed by atoms with van der Waals surface area (Å²) in [6.07, 6.45) is 3.60. The number of methoxy groups -OCH3 is 1. The fraction of sp³-hybridized carbons (Fsp3) is 0.310. The Morgan fingerprint density at radius 1 is 1.03 bits per heavy atom. The first-order valence-electron chi connectivity index (χ1n) is 12.3. The summed E-state index contributed by atoms with van der Waals surface area (Å²) < 4.78 is 5.10. The Hall–Kier alpha value is -3.71. The number of rotatable bonds is 8. The summed E-state index contributed by atoms with van der Waals surface area (Å²) in [5, 5.41) is 3.10. The zero-order valence-corrected chi connectivity index (χ0v) is 21.8. The van der Waals surface area contributed by atoms with Crippen LogP contribution in [0.25, 0.3) is 0 Å². The van der Waals surface area contributed by atoms with Crippen LogP contribution in [0.5, 0.6) is 5.75 Å². The molecule has 8 heteroatoms. The van der Waals surface area contributed by atoms with E-state index in [9.17, 15) is 14.4 Å². The van der Waals surface area contributed by atoms with Crippen LogP contribution in [0, 0.1) is 6.92 Å². The molecule has 1 N–H and O–H groups in total. The molecular formula is C29H30ClN3O4. The quantitative estimate of drug-likeness (QED) is 0.306. The first kappa shape index (κ1) is 26.4. The number of hydrogen-bond donors (Lipinski definition) is 1. The number of piperidine rings is 1. The number of halogens is 1. The van der Waals surface area contributed by atoms with Gasteiger partial charge >= 0.3 is 0 Å². The summed E-state index contributed by atoms with van der Waals surface area (Å²) in [6, 6.07) is 16.4. The van der Waals surface area contributed by atoms with Gasteiger partial charge in [0.25, 0.3) is 5.91 Å². The first-order valence-corrected chi connectivity index (χ1v) is 12.7. The molecule has 0 radical (unpaired) electrons. The van der Waals surface area contributed by atoms with Gasteiger partial charge in [-0.15, -0.1) is 0 Å². The highest BCUT2D eigenvalue weighted by Gasteiger charge is 2.26. The smallest absolute Gasteiger partial charge is 0.256 e. The van der Waals surface area contributed by atoms with Crippen molar-refractivity contribution in [1.29, 1.82) is 0 Å². The van der Waals surface area contributed by atoms with Gasteiger partial charge in [-0.1, -0.05) is 23.7 Å². The number of pyridine rings is 1. The van der Waals surface area contributed by atoms with Crippen molar-refractivity contribution in [2.45, 2.75) is 38.5 Å². The zero-order chi connectivity index (χ0) is 26.4. The molecule has 2 amide bonds. The molecule has 1 saturated heterocycles. The number of amides is 2. The molecule has 2 aromatic carbocycles. The van der Waals surface area contributed by atoms with Gasteiger partial charge in [-0.25, -0.2) is 4.98 Å². The molecular weight excluding hydrogens is 490 g/mol. The second kappa shape index (κ2) is 12.0. The van der Waals surface area contributed by atoms with Crippen molar-refractivity contribution >= 4 is 34.9 Å². The van der Waals surface area contributed by atoms with Crippen LogP contribution in [0.2, 0.25) is 5.15 Å². The molecule has 0 aliphatic carbocycles. The third-order valence-electron chi connectivity index (χ3n) is 6.65. The largest absolute Gasteiger partial charge is 0.497 e. The molecule has 3 aromatic rings. The minimum atomic E-state index is -0.203. The molecule has 1 aliphatic rings. The van der Waals surface area contributed by atoms with E-state index in [1.54, 1.807) is 43.6 Å². The van der Waals surface area contributed by atoms with Crippen LogP contribution < -0.4 is 10.1 Å². The summed E-state index contributed by atoms with van der Waals surface area (Å²) in [6.45, 7) is 3.18. The van der Waals surface area contributed by atoms with Crippen LogP contribution in [-0.4, -0.2) is 47.7 Å². The third kappa shape index (κ3) is 6.74. The van der Waals surface area contributed by atoms with E-state index in [4.69, 9.17) is 16.3 Å². The summed E-state index contributed by atoms with van der Waals surface area (Å²) in [7, 11) is 1.57.